The standard InChI is InChI=1S/C23H19N5OS/c29-17-8-4-7-16(11-17)21-25-22-20-18-9-10-27(12-15-5-2-1-3-6-15)13-19(18)30-23(20)24-14-28(22)26-21/h1-8,11,14,29H,9-10,12-13H2. The maximum absolute atomic E-state index is 9.80. The molecule has 3 aromatic heterocycles. The van der Waals surface area contributed by atoms with E-state index >= 15 is 0 Å². The average molecular weight is 414 g/mol. The van der Waals surface area contributed by atoms with Crippen LogP contribution in [-0.4, -0.2) is 36.1 Å². The van der Waals surface area contributed by atoms with Crippen molar-refractivity contribution in [1.82, 2.24) is 24.5 Å². The van der Waals surface area contributed by atoms with Gasteiger partial charge in [0.1, 0.15) is 16.9 Å². The molecule has 0 bridgehead atoms. The Labute approximate surface area is 177 Å². The van der Waals surface area contributed by atoms with Crippen LogP contribution in [0.3, 0.4) is 0 Å². The molecule has 0 fully saturated rings. The molecule has 0 aliphatic carbocycles. The molecule has 0 amide bonds. The molecular weight excluding hydrogens is 394 g/mol. The van der Waals surface area contributed by atoms with Crippen LogP contribution in [0.25, 0.3) is 27.3 Å². The van der Waals surface area contributed by atoms with Gasteiger partial charge in [0.15, 0.2) is 11.5 Å². The molecule has 5 aromatic rings. The van der Waals surface area contributed by atoms with Gasteiger partial charge in [0.05, 0.1) is 5.39 Å². The van der Waals surface area contributed by atoms with E-state index in [0.29, 0.717) is 5.82 Å². The van der Waals surface area contributed by atoms with E-state index in [1.165, 1.54) is 16.0 Å². The number of aromatic nitrogens is 4. The summed E-state index contributed by atoms with van der Waals surface area (Å²) in [4.78, 5) is 14.4. The average Bonchev–Trinajstić information content (AvgIpc) is 3.35. The third-order valence-corrected chi connectivity index (χ3v) is 6.73. The van der Waals surface area contributed by atoms with Gasteiger partial charge in [-0.1, -0.05) is 42.5 Å². The number of fused-ring (bicyclic) bond motifs is 5. The Balaban J connectivity index is 1.40. The molecule has 30 heavy (non-hydrogen) atoms. The number of rotatable bonds is 3. The second kappa shape index (κ2) is 6.90. The number of hydrogen-bond donors (Lipinski definition) is 1. The van der Waals surface area contributed by atoms with Crippen LogP contribution in [0.4, 0.5) is 0 Å². The van der Waals surface area contributed by atoms with Gasteiger partial charge in [0.25, 0.3) is 0 Å². The molecule has 1 N–H and O–H groups in total. The van der Waals surface area contributed by atoms with Crippen molar-refractivity contribution in [3.8, 4) is 17.1 Å². The molecule has 4 heterocycles. The predicted molar refractivity (Wildman–Crippen MR) is 118 cm³/mol. The first-order chi connectivity index (χ1) is 14.7. The Morgan fingerprint density at radius 2 is 1.97 bits per heavy atom. The van der Waals surface area contributed by atoms with Crippen LogP contribution in [0, 0.1) is 0 Å². The lowest BCUT2D eigenvalue weighted by molar-refractivity contribution is 0.249. The Morgan fingerprint density at radius 3 is 2.83 bits per heavy atom. The van der Waals surface area contributed by atoms with Gasteiger partial charge in [-0.3, -0.25) is 4.90 Å². The number of thiophene rings is 1. The van der Waals surface area contributed by atoms with Crippen LogP contribution >= 0.6 is 11.3 Å². The Hall–Kier alpha value is -3.29. The zero-order chi connectivity index (χ0) is 20.1. The molecular formula is C23H19N5OS. The van der Waals surface area contributed by atoms with E-state index in [9.17, 15) is 5.11 Å². The maximum atomic E-state index is 9.80. The Bertz CT molecular complexity index is 1370. The maximum Gasteiger partial charge on any atom is 0.182 e. The molecule has 2 aromatic carbocycles. The van der Waals surface area contributed by atoms with E-state index in [-0.39, 0.29) is 5.75 Å². The SMILES string of the molecule is Oc1cccc(-c2nc3c4c5c(sc4ncn3n2)CN(Cc2ccccc2)CC5)c1. The van der Waals surface area contributed by atoms with Gasteiger partial charge in [-0.25, -0.2) is 14.5 Å². The van der Waals surface area contributed by atoms with Gasteiger partial charge in [0, 0.05) is 30.1 Å². The fourth-order valence-corrected chi connectivity index (χ4v) is 5.41. The molecule has 1 aliphatic rings. The summed E-state index contributed by atoms with van der Waals surface area (Å²) in [7, 11) is 0. The second-order valence-electron chi connectivity index (χ2n) is 7.63. The van der Waals surface area contributed by atoms with E-state index in [2.05, 4.69) is 45.3 Å². The van der Waals surface area contributed by atoms with Crippen molar-refractivity contribution in [3.05, 3.63) is 76.9 Å². The lowest BCUT2D eigenvalue weighted by Gasteiger charge is -2.26. The normalized spacial score (nSPS) is 14.4. The Morgan fingerprint density at radius 1 is 1.07 bits per heavy atom. The summed E-state index contributed by atoms with van der Waals surface area (Å²) in [5.74, 6) is 0.808. The van der Waals surface area contributed by atoms with Gasteiger partial charge < -0.3 is 5.11 Å². The van der Waals surface area contributed by atoms with Crippen molar-refractivity contribution in [2.75, 3.05) is 6.54 Å². The number of benzene rings is 2. The highest BCUT2D eigenvalue weighted by molar-refractivity contribution is 7.19. The van der Waals surface area contributed by atoms with E-state index in [1.807, 2.05) is 6.07 Å². The van der Waals surface area contributed by atoms with Crippen LogP contribution in [0.5, 0.6) is 5.75 Å². The molecule has 0 saturated carbocycles. The summed E-state index contributed by atoms with van der Waals surface area (Å²) < 4.78 is 1.76. The van der Waals surface area contributed by atoms with Crippen LogP contribution in [-0.2, 0) is 19.5 Å². The molecule has 7 heteroatoms. The first-order valence-electron chi connectivity index (χ1n) is 9.96. The summed E-state index contributed by atoms with van der Waals surface area (Å²) in [5, 5.41) is 15.5. The van der Waals surface area contributed by atoms with Crippen molar-refractivity contribution < 1.29 is 5.11 Å². The van der Waals surface area contributed by atoms with Crippen LogP contribution in [0.15, 0.2) is 60.9 Å². The van der Waals surface area contributed by atoms with Crippen molar-refractivity contribution >= 4 is 27.2 Å². The van der Waals surface area contributed by atoms with Crippen LogP contribution in [0.2, 0.25) is 0 Å². The molecule has 0 radical (unpaired) electrons. The van der Waals surface area contributed by atoms with E-state index in [0.717, 1.165) is 47.5 Å². The quantitative estimate of drug-likeness (QED) is 0.478. The summed E-state index contributed by atoms with van der Waals surface area (Å²) >= 11 is 1.76. The van der Waals surface area contributed by atoms with Crippen molar-refractivity contribution in [2.24, 2.45) is 0 Å². The topological polar surface area (TPSA) is 66.5 Å². The minimum absolute atomic E-state index is 0.209. The molecule has 0 unspecified atom stereocenters. The smallest absolute Gasteiger partial charge is 0.182 e. The van der Waals surface area contributed by atoms with Gasteiger partial charge in [-0.05, 0) is 29.7 Å². The molecule has 148 valence electrons. The van der Waals surface area contributed by atoms with Crippen molar-refractivity contribution in [1.29, 1.82) is 0 Å². The number of aromatic hydroxyl groups is 1. The molecule has 0 atom stereocenters. The fraction of sp³-hybridized carbons (Fsp3) is 0.174. The van der Waals surface area contributed by atoms with Gasteiger partial charge in [0.2, 0.25) is 0 Å². The summed E-state index contributed by atoms with van der Waals surface area (Å²) in [6.07, 6.45) is 2.72. The lowest BCUT2D eigenvalue weighted by atomic mass is 10.0. The Kier molecular flexibility index (Phi) is 4.04. The van der Waals surface area contributed by atoms with E-state index < -0.39 is 0 Å². The van der Waals surface area contributed by atoms with Crippen molar-refractivity contribution in [3.63, 3.8) is 0 Å². The number of hydrogen-bond acceptors (Lipinski definition) is 6. The van der Waals surface area contributed by atoms with E-state index in [1.54, 1.807) is 40.4 Å². The summed E-state index contributed by atoms with van der Waals surface area (Å²) in [5.41, 5.74) is 4.33. The van der Waals surface area contributed by atoms with Gasteiger partial charge in [-0.15, -0.1) is 16.4 Å². The van der Waals surface area contributed by atoms with Gasteiger partial charge in [-0.2, -0.15) is 0 Å². The van der Waals surface area contributed by atoms with Crippen LogP contribution < -0.4 is 0 Å². The summed E-state index contributed by atoms with van der Waals surface area (Å²) in [6, 6.07) is 17.7. The number of nitrogens with zero attached hydrogens (tertiary/aromatic N) is 5. The number of phenols is 1. The summed E-state index contributed by atoms with van der Waals surface area (Å²) in [6.45, 7) is 2.91. The minimum Gasteiger partial charge on any atom is -0.508 e. The second-order valence-corrected chi connectivity index (χ2v) is 8.71. The highest BCUT2D eigenvalue weighted by Gasteiger charge is 2.24. The first-order valence-corrected chi connectivity index (χ1v) is 10.8. The largest absolute Gasteiger partial charge is 0.508 e. The van der Waals surface area contributed by atoms with Gasteiger partial charge >= 0.3 is 0 Å². The molecule has 6 nitrogen and oxygen atoms in total. The first kappa shape index (κ1) is 17.6. The lowest BCUT2D eigenvalue weighted by Crippen LogP contribution is -2.29. The minimum atomic E-state index is 0.209. The number of phenolic OH excluding ortho intramolecular Hbond substituents is 1. The molecule has 1 aliphatic heterocycles. The third-order valence-electron chi connectivity index (χ3n) is 5.61. The monoisotopic (exact) mass is 413 g/mol. The third kappa shape index (κ3) is 2.94. The zero-order valence-electron chi connectivity index (χ0n) is 16.2. The highest BCUT2D eigenvalue weighted by atomic mass is 32.1. The predicted octanol–water partition coefficient (Wildman–Crippen LogP) is 4.27. The molecule has 0 saturated heterocycles. The molecule has 0 spiro atoms. The van der Waals surface area contributed by atoms with Crippen LogP contribution in [0.1, 0.15) is 16.0 Å². The molecule has 6 rings (SSSR count). The van der Waals surface area contributed by atoms with Crippen molar-refractivity contribution in [2.45, 2.75) is 19.5 Å². The highest BCUT2D eigenvalue weighted by Crippen LogP contribution is 2.36. The van der Waals surface area contributed by atoms with E-state index in [4.69, 9.17) is 4.98 Å². The zero-order valence-corrected chi connectivity index (χ0v) is 17.0. The fourth-order valence-electron chi connectivity index (χ4n) is 4.19.